The fraction of sp³-hybridized carbons (Fsp3) is 0.455. The van der Waals surface area contributed by atoms with Crippen molar-refractivity contribution in [3.05, 3.63) is 26.6 Å². The number of nitrogens with two attached hydrogens (primary N) is 1. The summed E-state index contributed by atoms with van der Waals surface area (Å²) in [7, 11) is 0. The molecule has 98 valence electrons. The molecule has 0 fully saturated rings. The Hall–Kier alpha value is -0.370. The fourth-order valence-corrected chi connectivity index (χ4v) is 4.50. The highest BCUT2D eigenvalue weighted by atomic mass is 79.9. The van der Waals surface area contributed by atoms with Crippen LogP contribution in [0.15, 0.2) is 21.1 Å². The second-order valence-electron chi connectivity index (χ2n) is 4.05. The third-order valence-electron chi connectivity index (χ3n) is 2.46. The number of hydrogen-bond donors (Lipinski definition) is 1. The van der Waals surface area contributed by atoms with Gasteiger partial charge in [-0.1, -0.05) is 11.8 Å². The summed E-state index contributed by atoms with van der Waals surface area (Å²) in [5.74, 6) is 1.74. The van der Waals surface area contributed by atoms with Gasteiger partial charge in [0.15, 0.2) is 5.16 Å². The molecule has 0 unspecified atom stereocenters. The summed E-state index contributed by atoms with van der Waals surface area (Å²) in [6.45, 7) is 4.66. The highest BCUT2D eigenvalue weighted by Crippen LogP contribution is 2.31. The van der Waals surface area contributed by atoms with Gasteiger partial charge in [-0.15, -0.1) is 21.5 Å². The predicted molar refractivity (Wildman–Crippen MR) is 79.9 cm³/mol. The van der Waals surface area contributed by atoms with E-state index in [0.29, 0.717) is 12.6 Å². The van der Waals surface area contributed by atoms with Gasteiger partial charge in [-0.2, -0.15) is 0 Å². The number of halogens is 1. The zero-order valence-corrected chi connectivity index (χ0v) is 13.5. The molecule has 4 nitrogen and oxygen atoms in total. The van der Waals surface area contributed by atoms with Gasteiger partial charge >= 0.3 is 0 Å². The molecule has 2 aromatic rings. The van der Waals surface area contributed by atoms with Crippen LogP contribution in [0.2, 0.25) is 0 Å². The van der Waals surface area contributed by atoms with Crippen LogP contribution in [0.5, 0.6) is 0 Å². The highest BCUT2D eigenvalue weighted by Gasteiger charge is 2.14. The summed E-state index contributed by atoms with van der Waals surface area (Å²) in [5, 5.41) is 11.4. The Morgan fingerprint density at radius 2 is 2.28 bits per heavy atom. The van der Waals surface area contributed by atoms with Crippen molar-refractivity contribution in [3.63, 3.8) is 0 Å². The Balaban J connectivity index is 2.14. The molecule has 2 heterocycles. The van der Waals surface area contributed by atoms with Crippen molar-refractivity contribution < 1.29 is 0 Å². The average molecular weight is 347 g/mol. The van der Waals surface area contributed by atoms with E-state index in [1.165, 1.54) is 4.88 Å². The maximum atomic E-state index is 5.68. The molecular weight excluding hydrogens is 332 g/mol. The highest BCUT2D eigenvalue weighted by molar-refractivity contribution is 9.10. The first-order chi connectivity index (χ1) is 8.63. The molecule has 0 bridgehead atoms. The van der Waals surface area contributed by atoms with Crippen LogP contribution in [0.4, 0.5) is 0 Å². The number of thiophene rings is 1. The van der Waals surface area contributed by atoms with Gasteiger partial charge in [0.25, 0.3) is 0 Å². The van der Waals surface area contributed by atoms with Crippen LogP contribution in [-0.2, 0) is 12.3 Å². The minimum absolute atomic E-state index is 0.327. The Labute approximate surface area is 123 Å². The SMILES string of the molecule is CC(C)n1c(CN)nnc1SCc1sccc1Br. The van der Waals surface area contributed by atoms with Gasteiger partial charge in [-0.25, -0.2) is 0 Å². The summed E-state index contributed by atoms with van der Waals surface area (Å²) >= 11 is 6.98. The summed E-state index contributed by atoms with van der Waals surface area (Å²) in [6.07, 6.45) is 0. The first kappa shape index (κ1) is 14.0. The third-order valence-corrected chi connectivity index (χ3v) is 5.54. The van der Waals surface area contributed by atoms with E-state index >= 15 is 0 Å². The molecular formula is C11H15BrN4S2. The van der Waals surface area contributed by atoms with Crippen molar-refractivity contribution >= 4 is 39.0 Å². The molecule has 2 rings (SSSR count). The molecule has 2 aromatic heterocycles. The van der Waals surface area contributed by atoms with E-state index < -0.39 is 0 Å². The Kier molecular flexibility index (Phi) is 4.83. The molecule has 0 aliphatic heterocycles. The molecule has 0 aliphatic carbocycles. The molecule has 0 aliphatic rings. The third kappa shape index (κ3) is 2.96. The largest absolute Gasteiger partial charge is 0.324 e. The molecule has 2 N–H and O–H groups in total. The monoisotopic (exact) mass is 346 g/mol. The second-order valence-corrected chi connectivity index (χ2v) is 6.84. The van der Waals surface area contributed by atoms with Crippen molar-refractivity contribution in [1.82, 2.24) is 14.8 Å². The topological polar surface area (TPSA) is 56.7 Å². The standard InChI is InChI=1S/C11H15BrN4S2/c1-7(2)16-10(5-13)14-15-11(16)18-6-9-8(12)3-4-17-9/h3-4,7H,5-6,13H2,1-2H3. The minimum atomic E-state index is 0.327. The lowest BCUT2D eigenvalue weighted by Gasteiger charge is -2.12. The fourth-order valence-electron chi connectivity index (χ4n) is 1.62. The minimum Gasteiger partial charge on any atom is -0.324 e. The van der Waals surface area contributed by atoms with Crippen molar-refractivity contribution in [3.8, 4) is 0 Å². The molecule has 0 spiro atoms. The number of aromatic nitrogens is 3. The van der Waals surface area contributed by atoms with Gasteiger partial charge in [-0.05, 0) is 41.2 Å². The van der Waals surface area contributed by atoms with E-state index in [9.17, 15) is 0 Å². The Morgan fingerprint density at radius 3 is 2.83 bits per heavy atom. The number of rotatable bonds is 5. The van der Waals surface area contributed by atoms with Crippen LogP contribution in [0.1, 0.15) is 30.6 Å². The Bertz CT molecular complexity index is 521. The lowest BCUT2D eigenvalue weighted by atomic mass is 10.4. The predicted octanol–water partition coefficient (Wildman–Crippen LogP) is 3.43. The van der Waals surface area contributed by atoms with Gasteiger partial charge in [0.1, 0.15) is 5.82 Å². The molecule has 0 saturated heterocycles. The van der Waals surface area contributed by atoms with Gasteiger partial charge in [0.05, 0.1) is 6.54 Å². The van der Waals surface area contributed by atoms with Gasteiger partial charge in [-0.3, -0.25) is 0 Å². The van der Waals surface area contributed by atoms with E-state index in [-0.39, 0.29) is 0 Å². The molecule has 0 saturated carbocycles. The van der Waals surface area contributed by atoms with Crippen molar-refractivity contribution in [1.29, 1.82) is 0 Å². The molecule has 0 amide bonds. The van der Waals surface area contributed by atoms with Gasteiger partial charge in [0.2, 0.25) is 0 Å². The molecule has 0 radical (unpaired) electrons. The van der Waals surface area contributed by atoms with Crippen molar-refractivity contribution in [2.45, 2.75) is 37.3 Å². The van der Waals surface area contributed by atoms with Gasteiger partial charge in [0, 0.05) is 21.1 Å². The number of hydrogen-bond acceptors (Lipinski definition) is 5. The van der Waals surface area contributed by atoms with E-state index in [4.69, 9.17) is 5.73 Å². The first-order valence-electron chi connectivity index (χ1n) is 5.62. The smallest absolute Gasteiger partial charge is 0.191 e. The summed E-state index contributed by atoms with van der Waals surface area (Å²) in [4.78, 5) is 1.31. The van der Waals surface area contributed by atoms with E-state index in [1.54, 1.807) is 23.1 Å². The second kappa shape index (κ2) is 6.18. The van der Waals surface area contributed by atoms with Crippen LogP contribution in [0.25, 0.3) is 0 Å². The summed E-state index contributed by atoms with van der Waals surface area (Å²) in [5.41, 5.74) is 5.68. The number of nitrogens with zero attached hydrogens (tertiary/aromatic N) is 3. The lowest BCUT2D eigenvalue weighted by molar-refractivity contribution is 0.526. The van der Waals surface area contributed by atoms with Crippen LogP contribution >= 0.6 is 39.0 Å². The quantitative estimate of drug-likeness (QED) is 0.842. The van der Waals surface area contributed by atoms with E-state index in [1.807, 2.05) is 0 Å². The van der Waals surface area contributed by atoms with Crippen LogP contribution in [0, 0.1) is 0 Å². The molecule has 7 heteroatoms. The van der Waals surface area contributed by atoms with Crippen molar-refractivity contribution in [2.24, 2.45) is 5.73 Å². The average Bonchev–Trinajstić information content (AvgIpc) is 2.92. The molecule has 18 heavy (non-hydrogen) atoms. The Morgan fingerprint density at radius 1 is 1.50 bits per heavy atom. The molecule has 0 atom stereocenters. The van der Waals surface area contributed by atoms with Crippen molar-refractivity contribution in [2.75, 3.05) is 0 Å². The van der Waals surface area contributed by atoms with Crippen LogP contribution in [-0.4, -0.2) is 14.8 Å². The normalized spacial score (nSPS) is 11.4. The maximum absolute atomic E-state index is 5.68. The van der Waals surface area contributed by atoms with Gasteiger partial charge < -0.3 is 10.3 Å². The van der Waals surface area contributed by atoms with Crippen LogP contribution < -0.4 is 5.73 Å². The molecule has 0 aromatic carbocycles. The maximum Gasteiger partial charge on any atom is 0.191 e. The van der Waals surface area contributed by atoms with E-state index in [0.717, 1.165) is 21.2 Å². The summed E-state index contributed by atoms with van der Waals surface area (Å²) < 4.78 is 3.27. The number of thioether (sulfide) groups is 1. The van der Waals surface area contributed by atoms with E-state index in [2.05, 4.69) is 56.0 Å². The zero-order chi connectivity index (χ0) is 13.1. The first-order valence-corrected chi connectivity index (χ1v) is 8.27. The lowest BCUT2D eigenvalue weighted by Crippen LogP contribution is -2.11. The zero-order valence-electron chi connectivity index (χ0n) is 10.3. The van der Waals surface area contributed by atoms with Crippen LogP contribution in [0.3, 0.4) is 0 Å². The summed E-state index contributed by atoms with van der Waals surface area (Å²) in [6, 6.07) is 2.40.